The fraction of sp³-hybridized carbons (Fsp3) is 0.143. The Hall–Kier alpha value is -3.70. The summed E-state index contributed by atoms with van der Waals surface area (Å²) in [5.41, 5.74) is 1.86. The van der Waals surface area contributed by atoms with E-state index in [0.717, 1.165) is 5.69 Å². The molecular weight excluding hydrogens is 348 g/mol. The highest BCUT2D eigenvalue weighted by atomic mass is 19.3. The Morgan fingerprint density at radius 3 is 3.04 bits per heavy atom. The molecule has 0 aliphatic heterocycles. The van der Waals surface area contributed by atoms with Gasteiger partial charge in [0.2, 0.25) is 5.88 Å². The number of anilines is 2. The average Bonchev–Trinajstić information content (AvgIpc) is 3.22. The van der Waals surface area contributed by atoms with E-state index < -0.39 is 6.61 Å². The number of rotatable bonds is 6. The molecule has 0 spiro atoms. The lowest BCUT2D eigenvalue weighted by molar-refractivity contribution is -0.0528. The van der Waals surface area contributed by atoms with E-state index in [1.165, 1.54) is 12.3 Å². The molecule has 0 unspecified atom stereocenters. The molecule has 0 saturated heterocycles. The van der Waals surface area contributed by atoms with Gasteiger partial charge in [0.15, 0.2) is 11.5 Å². The molecule has 12 heteroatoms. The standard InChI is InChI=1S/C14H11F2N9O/c15-14(16)26-12-4-10(23-24-12)20-11-6-17-9-5-19-25(13(9)21-11)7-8-2-1-3-18-22-8/h1-6,14H,7H2,(H2,20,21,23,24). The number of hydrogen-bond donors (Lipinski definition) is 2. The van der Waals surface area contributed by atoms with E-state index in [9.17, 15) is 8.78 Å². The Labute approximate surface area is 144 Å². The maximum atomic E-state index is 12.2. The van der Waals surface area contributed by atoms with Gasteiger partial charge in [-0.3, -0.25) is 5.10 Å². The molecule has 4 aromatic heterocycles. The van der Waals surface area contributed by atoms with E-state index in [1.807, 2.05) is 6.07 Å². The number of nitrogens with zero attached hydrogens (tertiary/aromatic N) is 7. The van der Waals surface area contributed by atoms with Crippen LogP contribution in [0.25, 0.3) is 11.2 Å². The monoisotopic (exact) mass is 359 g/mol. The van der Waals surface area contributed by atoms with Gasteiger partial charge in [0.05, 0.1) is 24.6 Å². The van der Waals surface area contributed by atoms with Crippen molar-refractivity contribution in [2.75, 3.05) is 5.32 Å². The Morgan fingerprint density at radius 2 is 2.23 bits per heavy atom. The first kappa shape index (κ1) is 15.8. The molecule has 0 aliphatic carbocycles. The molecule has 4 rings (SSSR count). The van der Waals surface area contributed by atoms with E-state index >= 15 is 0 Å². The highest BCUT2D eigenvalue weighted by Gasteiger charge is 2.11. The molecule has 26 heavy (non-hydrogen) atoms. The Balaban J connectivity index is 1.57. The van der Waals surface area contributed by atoms with Gasteiger partial charge in [-0.1, -0.05) is 0 Å². The number of halogens is 2. The summed E-state index contributed by atoms with van der Waals surface area (Å²) in [5, 5.41) is 21.1. The van der Waals surface area contributed by atoms with Crippen molar-refractivity contribution >= 4 is 22.8 Å². The minimum absolute atomic E-state index is 0.232. The number of hydrogen-bond acceptors (Lipinski definition) is 8. The SMILES string of the molecule is FC(F)Oc1cc(Nc2cnc3cnn(Cc4cccnn4)c3n2)[nH]n1. The number of aromatic nitrogens is 8. The van der Waals surface area contributed by atoms with Crippen LogP contribution in [0.1, 0.15) is 5.69 Å². The minimum atomic E-state index is -2.95. The summed E-state index contributed by atoms with van der Waals surface area (Å²) in [6.45, 7) is -2.57. The molecule has 132 valence electrons. The molecule has 0 saturated carbocycles. The molecule has 0 aliphatic rings. The highest BCUT2D eigenvalue weighted by Crippen LogP contribution is 2.19. The smallest absolute Gasteiger partial charge is 0.388 e. The maximum absolute atomic E-state index is 12.2. The van der Waals surface area contributed by atoms with Crippen molar-refractivity contribution in [3.8, 4) is 5.88 Å². The molecule has 0 aromatic carbocycles. The third kappa shape index (κ3) is 3.38. The van der Waals surface area contributed by atoms with Crippen LogP contribution < -0.4 is 10.1 Å². The van der Waals surface area contributed by atoms with E-state index in [1.54, 1.807) is 23.1 Å². The first-order valence-corrected chi connectivity index (χ1v) is 7.40. The van der Waals surface area contributed by atoms with Crippen molar-refractivity contribution in [2.24, 2.45) is 0 Å². The van der Waals surface area contributed by atoms with Crippen LogP contribution in [0.15, 0.2) is 36.8 Å². The van der Waals surface area contributed by atoms with Crippen molar-refractivity contribution in [1.29, 1.82) is 0 Å². The minimum Gasteiger partial charge on any atom is -0.415 e. The normalized spacial score (nSPS) is 11.2. The van der Waals surface area contributed by atoms with E-state index in [-0.39, 0.29) is 5.88 Å². The van der Waals surface area contributed by atoms with Gasteiger partial charge in [-0.15, -0.1) is 5.10 Å². The zero-order valence-corrected chi connectivity index (χ0v) is 13.0. The molecule has 0 radical (unpaired) electrons. The summed E-state index contributed by atoms with van der Waals surface area (Å²) in [7, 11) is 0. The fourth-order valence-electron chi connectivity index (χ4n) is 2.25. The van der Waals surface area contributed by atoms with Crippen LogP contribution in [0.4, 0.5) is 20.4 Å². The average molecular weight is 359 g/mol. The maximum Gasteiger partial charge on any atom is 0.388 e. The summed E-state index contributed by atoms with van der Waals surface area (Å²) in [5.74, 6) is 0.476. The third-order valence-corrected chi connectivity index (χ3v) is 3.31. The van der Waals surface area contributed by atoms with Gasteiger partial charge < -0.3 is 10.1 Å². The molecule has 10 nitrogen and oxygen atoms in total. The van der Waals surface area contributed by atoms with Crippen LogP contribution >= 0.6 is 0 Å². The van der Waals surface area contributed by atoms with Crippen molar-refractivity contribution in [3.63, 3.8) is 0 Å². The van der Waals surface area contributed by atoms with E-state index in [2.05, 4.69) is 45.5 Å². The van der Waals surface area contributed by atoms with Gasteiger partial charge in [0.1, 0.15) is 11.3 Å². The van der Waals surface area contributed by atoms with Gasteiger partial charge in [-0.25, -0.2) is 14.6 Å². The first-order valence-electron chi connectivity index (χ1n) is 7.40. The quantitative estimate of drug-likeness (QED) is 0.534. The Bertz CT molecular complexity index is 1020. The fourth-order valence-corrected chi connectivity index (χ4v) is 2.25. The van der Waals surface area contributed by atoms with Gasteiger partial charge in [0.25, 0.3) is 0 Å². The molecule has 0 atom stereocenters. The van der Waals surface area contributed by atoms with Gasteiger partial charge >= 0.3 is 6.61 Å². The van der Waals surface area contributed by atoms with Gasteiger partial charge in [0, 0.05) is 12.3 Å². The summed E-state index contributed by atoms with van der Waals surface area (Å²) in [4.78, 5) is 8.70. The van der Waals surface area contributed by atoms with Gasteiger partial charge in [-0.05, 0) is 12.1 Å². The zero-order chi connectivity index (χ0) is 17.9. The molecule has 0 fully saturated rings. The largest absolute Gasteiger partial charge is 0.415 e. The lowest BCUT2D eigenvalue weighted by Crippen LogP contribution is -2.06. The summed E-state index contributed by atoms with van der Waals surface area (Å²) in [6.07, 6.45) is 4.67. The van der Waals surface area contributed by atoms with Gasteiger partial charge in [-0.2, -0.15) is 24.1 Å². The summed E-state index contributed by atoms with van der Waals surface area (Å²) in [6, 6.07) is 4.89. The van der Waals surface area contributed by atoms with Crippen LogP contribution in [0.2, 0.25) is 0 Å². The molecule has 4 heterocycles. The summed E-state index contributed by atoms with van der Waals surface area (Å²) < 4.78 is 30.2. The lowest BCUT2D eigenvalue weighted by Gasteiger charge is -2.04. The molecule has 2 N–H and O–H groups in total. The summed E-state index contributed by atoms with van der Waals surface area (Å²) >= 11 is 0. The molecule has 0 bridgehead atoms. The predicted molar refractivity (Wildman–Crippen MR) is 85.0 cm³/mol. The lowest BCUT2D eigenvalue weighted by atomic mass is 10.4. The molecule has 0 amide bonds. The van der Waals surface area contributed by atoms with Crippen molar-refractivity contribution in [1.82, 2.24) is 40.1 Å². The second kappa shape index (κ2) is 6.66. The number of ether oxygens (including phenoxy) is 1. The number of aromatic amines is 1. The zero-order valence-electron chi connectivity index (χ0n) is 13.0. The van der Waals surface area contributed by atoms with E-state index in [4.69, 9.17) is 0 Å². The first-order chi connectivity index (χ1) is 12.7. The van der Waals surface area contributed by atoms with Crippen molar-refractivity contribution < 1.29 is 13.5 Å². The number of H-pyrrole nitrogens is 1. The van der Waals surface area contributed by atoms with Crippen LogP contribution in [0.5, 0.6) is 5.88 Å². The number of alkyl halides is 2. The van der Waals surface area contributed by atoms with Crippen LogP contribution in [-0.4, -0.2) is 46.8 Å². The second-order valence-corrected chi connectivity index (χ2v) is 5.10. The van der Waals surface area contributed by atoms with Crippen LogP contribution in [0, 0.1) is 0 Å². The second-order valence-electron chi connectivity index (χ2n) is 5.10. The molecular formula is C14H11F2N9O. The van der Waals surface area contributed by atoms with Crippen LogP contribution in [0.3, 0.4) is 0 Å². The van der Waals surface area contributed by atoms with Crippen molar-refractivity contribution in [3.05, 3.63) is 42.5 Å². The highest BCUT2D eigenvalue weighted by molar-refractivity contribution is 5.72. The van der Waals surface area contributed by atoms with E-state index in [0.29, 0.717) is 29.3 Å². The topological polar surface area (TPSA) is 119 Å². The van der Waals surface area contributed by atoms with Crippen molar-refractivity contribution in [2.45, 2.75) is 13.2 Å². The number of nitrogens with one attached hydrogen (secondary N) is 2. The molecule has 4 aromatic rings. The van der Waals surface area contributed by atoms with Crippen LogP contribution in [-0.2, 0) is 6.54 Å². The third-order valence-electron chi connectivity index (χ3n) is 3.31. The Kier molecular flexibility index (Phi) is 4.05. The number of fused-ring (bicyclic) bond motifs is 1. The Morgan fingerprint density at radius 1 is 1.31 bits per heavy atom. The predicted octanol–water partition coefficient (Wildman–Crippen LogP) is 1.73.